The van der Waals surface area contributed by atoms with E-state index in [1.807, 2.05) is 37.3 Å². The van der Waals surface area contributed by atoms with Crippen LogP contribution in [0.25, 0.3) is 0 Å². The van der Waals surface area contributed by atoms with Gasteiger partial charge in [-0.15, -0.1) is 0 Å². The number of sulfonamides is 1. The molecule has 3 rings (SSSR count). The number of nitrogens with zero attached hydrogens (tertiary/aromatic N) is 3. The predicted octanol–water partition coefficient (Wildman–Crippen LogP) is 2.62. The van der Waals surface area contributed by atoms with E-state index in [-0.39, 0.29) is 5.91 Å². The Hall–Kier alpha value is -2.58. The Kier molecular flexibility index (Phi) is 6.99. The Labute approximate surface area is 179 Å². The first-order chi connectivity index (χ1) is 14.3. The van der Waals surface area contributed by atoms with E-state index in [2.05, 4.69) is 22.2 Å². The van der Waals surface area contributed by atoms with Gasteiger partial charge in [-0.1, -0.05) is 25.1 Å². The third-order valence-corrected chi connectivity index (χ3v) is 6.52. The monoisotopic (exact) mass is 430 g/mol. The SMILES string of the molecule is CC[C@H](C(=O)Nc1ccc(N2CCN(C)CC2)cc1)N(c1ccccc1)S(C)(=O)=O. The third kappa shape index (κ3) is 5.31. The smallest absolute Gasteiger partial charge is 0.248 e. The maximum atomic E-state index is 13.0. The van der Waals surface area contributed by atoms with E-state index in [1.54, 1.807) is 24.3 Å². The van der Waals surface area contributed by atoms with Crippen molar-refractivity contribution in [3.8, 4) is 0 Å². The Balaban J connectivity index is 1.74. The van der Waals surface area contributed by atoms with Crippen LogP contribution in [0.2, 0.25) is 0 Å². The molecule has 1 N–H and O–H groups in total. The molecule has 7 nitrogen and oxygen atoms in total. The van der Waals surface area contributed by atoms with E-state index >= 15 is 0 Å². The van der Waals surface area contributed by atoms with Crippen LogP contribution in [0.5, 0.6) is 0 Å². The third-order valence-electron chi connectivity index (χ3n) is 5.34. The second-order valence-electron chi connectivity index (χ2n) is 7.64. The Morgan fingerprint density at radius 2 is 1.63 bits per heavy atom. The number of nitrogens with one attached hydrogen (secondary N) is 1. The van der Waals surface area contributed by atoms with Gasteiger partial charge in [0.25, 0.3) is 0 Å². The number of amides is 1. The molecular weight excluding hydrogens is 400 g/mol. The highest BCUT2D eigenvalue weighted by Gasteiger charge is 2.31. The molecule has 1 heterocycles. The normalized spacial score (nSPS) is 16.2. The highest BCUT2D eigenvalue weighted by molar-refractivity contribution is 7.92. The molecule has 1 fully saturated rings. The summed E-state index contributed by atoms with van der Waals surface area (Å²) in [6.07, 6.45) is 1.48. The van der Waals surface area contributed by atoms with Crippen molar-refractivity contribution >= 4 is 33.0 Å². The molecule has 30 heavy (non-hydrogen) atoms. The molecule has 1 aliphatic rings. The van der Waals surface area contributed by atoms with Gasteiger partial charge in [-0.2, -0.15) is 0 Å². The number of likely N-dealkylation sites (N-methyl/N-ethyl adjacent to an activating group) is 1. The van der Waals surface area contributed by atoms with E-state index in [9.17, 15) is 13.2 Å². The zero-order valence-electron chi connectivity index (χ0n) is 17.8. The van der Waals surface area contributed by atoms with Crippen LogP contribution in [0.1, 0.15) is 13.3 Å². The minimum absolute atomic E-state index is 0.348. The standard InChI is InChI=1S/C22H30N4O3S/c1-4-21(26(30(3,28)29)20-8-6-5-7-9-20)22(27)23-18-10-12-19(13-11-18)25-16-14-24(2)15-17-25/h5-13,21H,4,14-17H2,1-3H3,(H,23,27)/t21-/m1/s1. The summed E-state index contributed by atoms with van der Waals surface area (Å²) < 4.78 is 26.1. The number of carbonyl (C=O) groups is 1. The van der Waals surface area contributed by atoms with Crippen LogP contribution in [-0.2, 0) is 14.8 Å². The Morgan fingerprint density at radius 1 is 1.03 bits per heavy atom. The molecule has 0 aliphatic carbocycles. The molecule has 2 aromatic carbocycles. The number of hydrogen-bond donors (Lipinski definition) is 1. The van der Waals surface area contributed by atoms with Crippen LogP contribution < -0.4 is 14.5 Å². The summed E-state index contributed by atoms with van der Waals surface area (Å²) in [4.78, 5) is 17.6. The van der Waals surface area contributed by atoms with Crippen molar-refractivity contribution in [2.75, 3.05) is 54.0 Å². The summed E-state index contributed by atoms with van der Waals surface area (Å²) in [5.74, 6) is -0.348. The minimum atomic E-state index is -3.63. The summed E-state index contributed by atoms with van der Waals surface area (Å²) in [5.41, 5.74) is 2.25. The van der Waals surface area contributed by atoms with Crippen molar-refractivity contribution in [3.05, 3.63) is 54.6 Å². The molecular formula is C22H30N4O3S. The number of carbonyl (C=O) groups excluding carboxylic acids is 1. The Bertz CT molecular complexity index is 940. The summed E-state index contributed by atoms with van der Waals surface area (Å²) in [6.45, 7) is 5.80. The van der Waals surface area contributed by atoms with Gasteiger partial charge in [0.05, 0.1) is 11.9 Å². The lowest BCUT2D eigenvalue weighted by molar-refractivity contribution is -0.117. The lowest BCUT2D eigenvalue weighted by atomic mass is 10.1. The lowest BCUT2D eigenvalue weighted by Gasteiger charge is -2.34. The lowest BCUT2D eigenvalue weighted by Crippen LogP contribution is -2.47. The van der Waals surface area contributed by atoms with Crippen LogP contribution in [0.4, 0.5) is 17.1 Å². The first-order valence-electron chi connectivity index (χ1n) is 10.2. The second kappa shape index (κ2) is 9.49. The van der Waals surface area contributed by atoms with Crippen LogP contribution in [0.3, 0.4) is 0 Å². The average Bonchev–Trinajstić information content (AvgIpc) is 2.72. The van der Waals surface area contributed by atoms with E-state index in [1.165, 1.54) is 4.31 Å². The van der Waals surface area contributed by atoms with Crippen LogP contribution >= 0.6 is 0 Å². The summed E-state index contributed by atoms with van der Waals surface area (Å²) in [6, 6.07) is 15.6. The zero-order valence-corrected chi connectivity index (χ0v) is 18.6. The van der Waals surface area contributed by atoms with Gasteiger partial charge in [0.15, 0.2) is 0 Å². The number of para-hydroxylation sites is 1. The molecule has 1 atom stereocenters. The molecule has 0 aromatic heterocycles. The first kappa shape index (κ1) is 22.1. The number of benzene rings is 2. The van der Waals surface area contributed by atoms with E-state index in [4.69, 9.17) is 0 Å². The van der Waals surface area contributed by atoms with Gasteiger partial charge in [0.1, 0.15) is 6.04 Å². The quantitative estimate of drug-likeness (QED) is 0.731. The van der Waals surface area contributed by atoms with Crippen molar-refractivity contribution in [2.24, 2.45) is 0 Å². The van der Waals surface area contributed by atoms with E-state index < -0.39 is 16.1 Å². The van der Waals surface area contributed by atoms with Gasteiger partial charge < -0.3 is 15.1 Å². The fourth-order valence-electron chi connectivity index (χ4n) is 3.68. The van der Waals surface area contributed by atoms with Crippen LogP contribution in [0.15, 0.2) is 54.6 Å². The molecule has 0 saturated carbocycles. The Morgan fingerprint density at radius 3 is 2.17 bits per heavy atom. The summed E-state index contributed by atoms with van der Waals surface area (Å²) in [5, 5.41) is 2.88. The molecule has 1 saturated heterocycles. The van der Waals surface area contributed by atoms with Gasteiger partial charge in [-0.25, -0.2) is 8.42 Å². The molecule has 0 bridgehead atoms. The highest BCUT2D eigenvalue weighted by atomic mass is 32.2. The zero-order chi connectivity index (χ0) is 21.7. The summed E-state index contributed by atoms with van der Waals surface area (Å²) >= 11 is 0. The summed E-state index contributed by atoms with van der Waals surface area (Å²) in [7, 11) is -1.51. The number of piperazine rings is 1. The molecule has 8 heteroatoms. The van der Waals surface area contributed by atoms with Crippen molar-refractivity contribution in [1.82, 2.24) is 4.90 Å². The van der Waals surface area contributed by atoms with E-state index in [0.29, 0.717) is 17.8 Å². The number of hydrogen-bond acceptors (Lipinski definition) is 5. The molecule has 2 aromatic rings. The highest BCUT2D eigenvalue weighted by Crippen LogP contribution is 2.24. The maximum Gasteiger partial charge on any atom is 0.248 e. The van der Waals surface area contributed by atoms with E-state index in [0.717, 1.165) is 38.1 Å². The topological polar surface area (TPSA) is 73.0 Å². The average molecular weight is 431 g/mol. The van der Waals surface area contributed by atoms with Gasteiger partial charge >= 0.3 is 0 Å². The molecule has 1 aliphatic heterocycles. The van der Waals surface area contributed by atoms with Crippen LogP contribution in [0, 0.1) is 0 Å². The van der Waals surface area contributed by atoms with Gasteiger partial charge in [0.2, 0.25) is 15.9 Å². The molecule has 1 amide bonds. The molecule has 0 radical (unpaired) electrons. The van der Waals surface area contributed by atoms with Crippen molar-refractivity contribution in [3.63, 3.8) is 0 Å². The van der Waals surface area contributed by atoms with Crippen molar-refractivity contribution in [1.29, 1.82) is 0 Å². The minimum Gasteiger partial charge on any atom is -0.369 e. The molecule has 162 valence electrons. The van der Waals surface area contributed by atoms with Crippen LogP contribution in [-0.4, -0.2) is 64.7 Å². The molecule has 0 unspecified atom stereocenters. The molecule has 0 spiro atoms. The fourth-order valence-corrected chi connectivity index (χ4v) is 4.89. The van der Waals surface area contributed by atoms with Gasteiger partial charge in [0, 0.05) is 37.6 Å². The van der Waals surface area contributed by atoms with Crippen molar-refractivity contribution in [2.45, 2.75) is 19.4 Å². The van der Waals surface area contributed by atoms with Crippen molar-refractivity contribution < 1.29 is 13.2 Å². The predicted molar refractivity (Wildman–Crippen MR) is 123 cm³/mol. The van der Waals surface area contributed by atoms with Gasteiger partial charge in [-0.3, -0.25) is 9.10 Å². The number of rotatable bonds is 7. The number of anilines is 3. The maximum absolute atomic E-state index is 13.0. The largest absolute Gasteiger partial charge is 0.369 e. The first-order valence-corrected chi connectivity index (χ1v) is 12.0. The second-order valence-corrected chi connectivity index (χ2v) is 9.50. The fraction of sp³-hybridized carbons (Fsp3) is 0.409. The van der Waals surface area contributed by atoms with Gasteiger partial charge in [-0.05, 0) is 49.9 Å².